The largest absolute Gasteiger partial charge is 0.481 e. The summed E-state index contributed by atoms with van der Waals surface area (Å²) < 4.78 is 12.0. The second-order valence-corrected chi connectivity index (χ2v) is 14.1. The van der Waals surface area contributed by atoms with Gasteiger partial charge in [0.2, 0.25) is 11.8 Å². The molecule has 0 unspecified atom stereocenters. The maximum absolute atomic E-state index is 11.4. The molecule has 2 aliphatic heterocycles. The Labute approximate surface area is 302 Å². The summed E-state index contributed by atoms with van der Waals surface area (Å²) >= 11 is 0. The van der Waals surface area contributed by atoms with Crippen molar-refractivity contribution in [2.45, 2.75) is 57.9 Å². The third kappa shape index (κ3) is 6.89. The average molecular weight is 702 g/mol. The molecular formula is C40H43N7O5. The molecule has 3 aliphatic rings. The Bertz CT molecular complexity index is 2130. The van der Waals surface area contributed by atoms with Gasteiger partial charge in [0.25, 0.3) is 0 Å². The molecule has 2 fully saturated rings. The second-order valence-electron chi connectivity index (χ2n) is 14.1. The molecule has 0 bridgehead atoms. The van der Waals surface area contributed by atoms with E-state index in [-0.39, 0.29) is 18.1 Å². The van der Waals surface area contributed by atoms with E-state index in [4.69, 9.17) is 14.5 Å². The number of nitrogens with one attached hydrogen (secondary N) is 1. The molecule has 5 aromatic rings. The summed E-state index contributed by atoms with van der Waals surface area (Å²) in [5, 5.41) is 23.8. The monoisotopic (exact) mass is 701 g/mol. The summed E-state index contributed by atoms with van der Waals surface area (Å²) in [4.78, 5) is 34.5. The minimum Gasteiger partial charge on any atom is -0.481 e. The van der Waals surface area contributed by atoms with Crippen molar-refractivity contribution in [3.8, 4) is 22.9 Å². The molecule has 3 N–H and O–H groups in total. The van der Waals surface area contributed by atoms with E-state index in [2.05, 4.69) is 79.5 Å². The normalized spacial score (nSPS) is 20.3. The number of carboxylic acids is 1. The Hall–Kier alpha value is -5.17. The molecule has 2 saturated heterocycles. The number of methoxy groups -OCH3 is 1. The number of carbonyl (C=O) groups is 1. The third-order valence-corrected chi connectivity index (χ3v) is 10.6. The highest BCUT2D eigenvalue weighted by Crippen LogP contribution is 2.42. The number of carboxylic acid groups (broad SMARTS) is 1. The number of rotatable bonds is 11. The van der Waals surface area contributed by atoms with E-state index >= 15 is 0 Å². The first-order valence-electron chi connectivity index (χ1n) is 18.0. The minimum atomic E-state index is -0.722. The van der Waals surface area contributed by atoms with Gasteiger partial charge in [-0.1, -0.05) is 30.3 Å². The number of aliphatic hydroxyl groups excluding tert-OH is 1. The highest BCUT2D eigenvalue weighted by Gasteiger charge is 2.30. The van der Waals surface area contributed by atoms with Crippen molar-refractivity contribution >= 4 is 28.4 Å². The molecule has 268 valence electrons. The molecule has 52 heavy (non-hydrogen) atoms. The molecule has 3 aromatic heterocycles. The number of aliphatic hydroxyl groups is 1. The summed E-state index contributed by atoms with van der Waals surface area (Å²) in [5.41, 5.74) is 9.36. The molecule has 0 spiro atoms. The van der Waals surface area contributed by atoms with Crippen LogP contribution in [0.1, 0.15) is 53.3 Å². The lowest BCUT2D eigenvalue weighted by atomic mass is 9.93. The van der Waals surface area contributed by atoms with E-state index < -0.39 is 5.97 Å². The fourth-order valence-electron chi connectivity index (χ4n) is 7.92. The minimum absolute atomic E-state index is 0.157. The number of hydrogen-bond donors (Lipinski definition) is 3. The van der Waals surface area contributed by atoms with E-state index in [0.29, 0.717) is 50.2 Å². The molecule has 8 rings (SSSR count). The van der Waals surface area contributed by atoms with Crippen molar-refractivity contribution in [1.82, 2.24) is 29.7 Å². The smallest absolute Gasteiger partial charge is 0.307 e. The van der Waals surface area contributed by atoms with Crippen molar-refractivity contribution in [3.05, 3.63) is 95.1 Å². The number of aromatic nitrogens is 4. The molecule has 3 atom stereocenters. The van der Waals surface area contributed by atoms with Crippen LogP contribution in [0.3, 0.4) is 0 Å². The summed E-state index contributed by atoms with van der Waals surface area (Å²) in [7, 11) is 1.60. The molecule has 0 saturated carbocycles. The summed E-state index contributed by atoms with van der Waals surface area (Å²) in [6, 6.07) is 16.8. The predicted molar refractivity (Wildman–Crippen MR) is 197 cm³/mol. The lowest BCUT2D eigenvalue weighted by Crippen LogP contribution is -2.22. The quantitative estimate of drug-likeness (QED) is 0.156. The lowest BCUT2D eigenvalue weighted by Gasteiger charge is -2.19. The Morgan fingerprint density at radius 3 is 2.60 bits per heavy atom. The number of anilines is 2. The van der Waals surface area contributed by atoms with Crippen LogP contribution < -0.4 is 14.8 Å². The molecular weight excluding hydrogens is 658 g/mol. The average Bonchev–Trinajstić information content (AvgIpc) is 3.90. The molecule has 0 radical (unpaired) electrons. The van der Waals surface area contributed by atoms with E-state index in [1.54, 1.807) is 19.5 Å². The fourth-order valence-corrected chi connectivity index (χ4v) is 7.92. The van der Waals surface area contributed by atoms with Gasteiger partial charge >= 0.3 is 5.97 Å². The zero-order valence-electron chi connectivity index (χ0n) is 29.5. The summed E-state index contributed by atoms with van der Waals surface area (Å²) in [5.74, 6) is 0.535. The topological polar surface area (TPSA) is 146 Å². The van der Waals surface area contributed by atoms with Crippen LogP contribution in [0.5, 0.6) is 11.8 Å². The number of β-amino-alcohol motifs (C(OH)–C–C–N with tert-alkyl or cyclic N) is 1. The van der Waals surface area contributed by atoms with Crippen LogP contribution in [0.4, 0.5) is 11.5 Å². The summed E-state index contributed by atoms with van der Waals surface area (Å²) in [6.07, 6.45) is 8.03. The number of hydrogen-bond acceptors (Lipinski definition) is 11. The van der Waals surface area contributed by atoms with Crippen molar-refractivity contribution in [2.75, 3.05) is 38.6 Å². The van der Waals surface area contributed by atoms with Crippen LogP contribution in [0.15, 0.2) is 67.1 Å². The van der Waals surface area contributed by atoms with Gasteiger partial charge in [-0.3, -0.25) is 19.6 Å². The van der Waals surface area contributed by atoms with Gasteiger partial charge in [0.15, 0.2) is 5.82 Å². The van der Waals surface area contributed by atoms with Gasteiger partial charge in [-0.15, -0.1) is 0 Å². The van der Waals surface area contributed by atoms with Crippen molar-refractivity contribution in [3.63, 3.8) is 0 Å². The van der Waals surface area contributed by atoms with Crippen LogP contribution in [-0.2, 0) is 24.3 Å². The number of ether oxygens (including phenoxy) is 2. The van der Waals surface area contributed by atoms with E-state index in [9.17, 15) is 15.0 Å². The van der Waals surface area contributed by atoms with Gasteiger partial charge in [-0.25, -0.2) is 9.97 Å². The Balaban J connectivity index is 0.994. The second kappa shape index (κ2) is 14.5. The molecule has 1 aliphatic carbocycles. The zero-order chi connectivity index (χ0) is 35.8. The maximum Gasteiger partial charge on any atom is 0.307 e. The van der Waals surface area contributed by atoms with Crippen LogP contribution in [0, 0.1) is 12.8 Å². The number of pyridine rings is 2. The Kier molecular flexibility index (Phi) is 9.43. The first-order chi connectivity index (χ1) is 25.3. The Morgan fingerprint density at radius 1 is 0.962 bits per heavy atom. The fraction of sp³-hybridized carbons (Fsp3) is 0.375. The van der Waals surface area contributed by atoms with Crippen LogP contribution in [0.25, 0.3) is 22.0 Å². The highest BCUT2D eigenvalue weighted by atomic mass is 16.5. The SMILES string of the molecule is COc1nc(O[C@@H]2CCc3c(-c4cccc(Nc5nccc6cc(CN7CC[C@@H](C(=O)O)C7)cnc56)c4C)cccc32)cnc1CN1CC[C@@H](O)C1. The van der Waals surface area contributed by atoms with Crippen molar-refractivity contribution in [1.29, 1.82) is 0 Å². The highest BCUT2D eigenvalue weighted by molar-refractivity contribution is 5.91. The number of aliphatic carboxylic acids is 1. The Morgan fingerprint density at radius 2 is 1.79 bits per heavy atom. The van der Waals surface area contributed by atoms with E-state index in [0.717, 1.165) is 76.9 Å². The molecule has 5 heterocycles. The number of benzene rings is 2. The predicted octanol–water partition coefficient (Wildman–Crippen LogP) is 5.69. The lowest BCUT2D eigenvalue weighted by molar-refractivity contribution is -0.141. The van der Waals surface area contributed by atoms with Gasteiger partial charge in [0.1, 0.15) is 17.3 Å². The first-order valence-corrected chi connectivity index (χ1v) is 18.0. The van der Waals surface area contributed by atoms with Crippen LogP contribution >= 0.6 is 0 Å². The summed E-state index contributed by atoms with van der Waals surface area (Å²) in [6.45, 7) is 6.15. The van der Waals surface area contributed by atoms with Crippen molar-refractivity contribution < 1.29 is 24.5 Å². The molecule has 12 heteroatoms. The van der Waals surface area contributed by atoms with Crippen LogP contribution in [0.2, 0.25) is 0 Å². The maximum atomic E-state index is 11.4. The van der Waals surface area contributed by atoms with Gasteiger partial charge in [-0.05, 0) is 90.7 Å². The molecule has 2 aromatic carbocycles. The molecule has 0 amide bonds. The first kappa shape index (κ1) is 33.9. The van der Waals surface area contributed by atoms with E-state index in [1.807, 2.05) is 12.3 Å². The number of likely N-dealkylation sites (tertiary alicyclic amines) is 2. The zero-order valence-corrected chi connectivity index (χ0v) is 29.5. The molecule has 12 nitrogen and oxygen atoms in total. The third-order valence-electron chi connectivity index (χ3n) is 10.6. The van der Waals surface area contributed by atoms with Gasteiger partial charge in [0.05, 0.1) is 25.3 Å². The van der Waals surface area contributed by atoms with Gasteiger partial charge in [0, 0.05) is 56.2 Å². The number of nitrogens with zero attached hydrogens (tertiary/aromatic N) is 6. The standard InChI is InChI=1S/C40H43N7O5/c1-24-29(5-4-8-33(24)44-38-37-26(11-14-41-38)17-25(18-43-37)20-46-15-12-27(21-46)40(49)50)30-6-3-7-32-31(30)9-10-35(32)52-36-19-42-34(39(45-36)51-2)23-47-16-13-28(48)22-47/h3-8,11,14,17-19,27-28,35,48H,9-10,12-13,15-16,20-23H2,1-2H3,(H,41,44)(H,49,50)/t27-,28-,35-/m1/s1. The van der Waals surface area contributed by atoms with E-state index in [1.165, 1.54) is 11.1 Å². The number of fused-ring (bicyclic) bond motifs is 2. The van der Waals surface area contributed by atoms with Gasteiger partial charge < -0.3 is 25.0 Å². The van der Waals surface area contributed by atoms with Crippen molar-refractivity contribution in [2.24, 2.45) is 5.92 Å². The van der Waals surface area contributed by atoms with Gasteiger partial charge in [-0.2, -0.15) is 4.98 Å². The van der Waals surface area contributed by atoms with Crippen LogP contribution in [-0.4, -0.2) is 85.3 Å².